The monoisotopic (exact) mass is 438 g/mol. The average molecular weight is 439 g/mol. The van der Waals surface area contributed by atoms with Gasteiger partial charge in [0.05, 0.1) is 16.6 Å². The third-order valence-electron chi connectivity index (χ3n) is 5.44. The highest BCUT2D eigenvalue weighted by molar-refractivity contribution is 7.92. The fraction of sp³-hybridized carbons (Fsp3) is 0.208. The molecule has 0 bridgehead atoms. The van der Waals surface area contributed by atoms with Crippen molar-refractivity contribution < 1.29 is 17.6 Å². The molecule has 1 aliphatic rings. The van der Waals surface area contributed by atoms with E-state index in [0.717, 1.165) is 29.1 Å². The highest BCUT2D eigenvalue weighted by Gasteiger charge is 2.29. The molecule has 0 spiro atoms. The maximum absolute atomic E-state index is 13.4. The maximum atomic E-state index is 13.4. The zero-order valence-corrected chi connectivity index (χ0v) is 17.7. The number of anilines is 1. The summed E-state index contributed by atoms with van der Waals surface area (Å²) in [5.74, 6) is -0.894. The first kappa shape index (κ1) is 21.1. The summed E-state index contributed by atoms with van der Waals surface area (Å²) in [6.07, 6.45) is 2.71. The van der Waals surface area contributed by atoms with Crippen molar-refractivity contribution in [1.82, 2.24) is 5.32 Å². The van der Waals surface area contributed by atoms with Crippen LogP contribution in [0.5, 0.6) is 0 Å². The van der Waals surface area contributed by atoms with Gasteiger partial charge in [0.1, 0.15) is 12.4 Å². The number of rotatable bonds is 6. The van der Waals surface area contributed by atoms with Gasteiger partial charge in [-0.3, -0.25) is 9.10 Å². The Balaban J connectivity index is 1.61. The minimum atomic E-state index is -4.01. The number of hydrogen-bond donors (Lipinski definition) is 1. The highest BCUT2D eigenvalue weighted by atomic mass is 32.2. The van der Waals surface area contributed by atoms with Gasteiger partial charge in [-0.2, -0.15) is 0 Å². The molecule has 0 saturated heterocycles. The van der Waals surface area contributed by atoms with Crippen molar-refractivity contribution in [3.05, 3.63) is 95.8 Å². The summed E-state index contributed by atoms with van der Waals surface area (Å²) < 4.78 is 41.0. The van der Waals surface area contributed by atoms with Crippen molar-refractivity contribution in [1.29, 1.82) is 0 Å². The fourth-order valence-corrected chi connectivity index (χ4v) is 5.36. The van der Waals surface area contributed by atoms with Crippen LogP contribution in [0.2, 0.25) is 0 Å². The van der Waals surface area contributed by atoms with Crippen molar-refractivity contribution in [2.24, 2.45) is 0 Å². The first-order valence-electron chi connectivity index (χ1n) is 10.2. The lowest BCUT2D eigenvalue weighted by molar-refractivity contribution is -0.120. The lowest BCUT2D eigenvalue weighted by Gasteiger charge is -2.28. The SMILES string of the molecule is O=C(CN(c1ccc(F)cc1)S(=O)(=O)c1ccccc1)N[C@H]1CCCc2ccccc21. The van der Waals surface area contributed by atoms with Crippen LogP contribution in [0.15, 0.2) is 83.8 Å². The average Bonchev–Trinajstić information content (AvgIpc) is 2.79. The zero-order chi connectivity index (χ0) is 21.8. The number of nitrogens with one attached hydrogen (secondary N) is 1. The molecule has 0 unspecified atom stereocenters. The van der Waals surface area contributed by atoms with Gasteiger partial charge in [0.25, 0.3) is 10.0 Å². The largest absolute Gasteiger partial charge is 0.348 e. The van der Waals surface area contributed by atoms with Crippen molar-refractivity contribution >= 4 is 21.6 Å². The van der Waals surface area contributed by atoms with Crippen LogP contribution in [0.4, 0.5) is 10.1 Å². The van der Waals surface area contributed by atoms with Gasteiger partial charge < -0.3 is 5.32 Å². The van der Waals surface area contributed by atoms with Gasteiger partial charge >= 0.3 is 0 Å². The van der Waals surface area contributed by atoms with E-state index >= 15 is 0 Å². The van der Waals surface area contributed by atoms with Crippen molar-refractivity contribution in [2.75, 3.05) is 10.8 Å². The summed E-state index contributed by atoms with van der Waals surface area (Å²) in [7, 11) is -4.01. The number of halogens is 1. The minimum absolute atomic E-state index is 0.0649. The lowest BCUT2D eigenvalue weighted by atomic mass is 9.88. The molecule has 5 nitrogen and oxygen atoms in total. The van der Waals surface area contributed by atoms with Gasteiger partial charge in [-0.05, 0) is 66.8 Å². The molecule has 1 amide bonds. The molecule has 7 heteroatoms. The molecular formula is C24H23FN2O3S. The Morgan fingerprint density at radius 2 is 1.65 bits per heavy atom. The fourth-order valence-electron chi connectivity index (χ4n) is 3.92. The second-order valence-electron chi connectivity index (χ2n) is 7.51. The van der Waals surface area contributed by atoms with E-state index in [-0.39, 0.29) is 16.6 Å². The van der Waals surface area contributed by atoms with Crippen LogP contribution >= 0.6 is 0 Å². The van der Waals surface area contributed by atoms with Crippen molar-refractivity contribution in [3.63, 3.8) is 0 Å². The number of carbonyl (C=O) groups excluding carboxylic acids is 1. The number of amides is 1. The Morgan fingerprint density at radius 3 is 2.39 bits per heavy atom. The summed E-state index contributed by atoms with van der Waals surface area (Å²) in [6, 6.07) is 20.8. The van der Waals surface area contributed by atoms with Gasteiger partial charge in [0.15, 0.2) is 0 Å². The van der Waals surface area contributed by atoms with Gasteiger partial charge in [-0.25, -0.2) is 12.8 Å². The lowest BCUT2D eigenvalue weighted by Crippen LogP contribution is -2.42. The summed E-state index contributed by atoms with van der Waals surface area (Å²) in [4.78, 5) is 13.0. The van der Waals surface area contributed by atoms with Gasteiger partial charge in [0.2, 0.25) is 5.91 Å². The van der Waals surface area contributed by atoms with E-state index in [4.69, 9.17) is 0 Å². The molecule has 0 aliphatic heterocycles. The summed E-state index contributed by atoms with van der Waals surface area (Å²) in [6.45, 7) is -0.401. The number of carbonyl (C=O) groups is 1. The number of benzene rings is 3. The van der Waals surface area contributed by atoms with E-state index in [1.54, 1.807) is 18.2 Å². The number of aryl methyl sites for hydroxylation is 1. The molecule has 1 N–H and O–H groups in total. The van der Waals surface area contributed by atoms with E-state index in [9.17, 15) is 17.6 Å². The number of sulfonamides is 1. The summed E-state index contributed by atoms with van der Waals surface area (Å²) in [5, 5.41) is 2.99. The summed E-state index contributed by atoms with van der Waals surface area (Å²) >= 11 is 0. The zero-order valence-electron chi connectivity index (χ0n) is 16.9. The second kappa shape index (κ2) is 8.89. The van der Waals surface area contributed by atoms with Crippen LogP contribution in [-0.2, 0) is 21.2 Å². The number of nitrogens with zero attached hydrogens (tertiary/aromatic N) is 1. The number of fused-ring (bicyclic) bond motifs is 1. The third-order valence-corrected chi connectivity index (χ3v) is 7.23. The molecular weight excluding hydrogens is 415 g/mol. The van der Waals surface area contributed by atoms with Crippen LogP contribution in [0.1, 0.15) is 30.0 Å². The molecule has 1 aliphatic carbocycles. The van der Waals surface area contributed by atoms with Gasteiger partial charge in [0, 0.05) is 0 Å². The van der Waals surface area contributed by atoms with E-state index in [1.807, 2.05) is 18.2 Å². The van der Waals surface area contributed by atoms with Crippen molar-refractivity contribution in [3.8, 4) is 0 Å². The highest BCUT2D eigenvalue weighted by Crippen LogP contribution is 2.30. The first-order chi connectivity index (χ1) is 14.9. The normalized spacial score (nSPS) is 15.7. The maximum Gasteiger partial charge on any atom is 0.264 e. The molecule has 3 aromatic carbocycles. The molecule has 31 heavy (non-hydrogen) atoms. The van der Waals surface area contributed by atoms with E-state index in [1.165, 1.54) is 42.0 Å². The summed E-state index contributed by atoms with van der Waals surface area (Å²) in [5.41, 5.74) is 2.50. The first-order valence-corrected chi connectivity index (χ1v) is 11.6. The van der Waals surface area contributed by atoms with Gasteiger partial charge in [-0.1, -0.05) is 42.5 Å². The predicted molar refractivity (Wildman–Crippen MR) is 118 cm³/mol. The molecule has 0 heterocycles. The van der Waals surface area contributed by atoms with Crippen LogP contribution in [0, 0.1) is 5.82 Å². The van der Waals surface area contributed by atoms with Crippen LogP contribution in [-0.4, -0.2) is 20.9 Å². The molecule has 4 rings (SSSR count). The Hall–Kier alpha value is -3.19. The van der Waals surface area contributed by atoms with E-state index in [2.05, 4.69) is 11.4 Å². The molecule has 160 valence electrons. The number of hydrogen-bond acceptors (Lipinski definition) is 3. The second-order valence-corrected chi connectivity index (χ2v) is 9.37. The van der Waals surface area contributed by atoms with Crippen LogP contribution in [0.25, 0.3) is 0 Å². The quantitative estimate of drug-likeness (QED) is 0.627. The topological polar surface area (TPSA) is 66.5 Å². The Labute approximate surface area is 181 Å². The molecule has 0 fully saturated rings. The van der Waals surface area contributed by atoms with Crippen molar-refractivity contribution in [2.45, 2.75) is 30.2 Å². The predicted octanol–water partition coefficient (Wildman–Crippen LogP) is 4.21. The standard InChI is InChI=1S/C24H23FN2O3S/c25-19-13-15-20(16-14-19)27(31(29,30)21-9-2-1-3-10-21)17-24(28)26-23-12-6-8-18-7-4-5-11-22(18)23/h1-5,7,9-11,13-16,23H,6,8,12,17H2,(H,26,28)/t23-/m0/s1. The molecule has 3 aromatic rings. The molecule has 0 radical (unpaired) electrons. The molecule has 0 saturated carbocycles. The third kappa shape index (κ3) is 4.61. The van der Waals surface area contributed by atoms with E-state index in [0.29, 0.717) is 0 Å². The molecule has 0 aromatic heterocycles. The Kier molecular flexibility index (Phi) is 6.04. The van der Waals surface area contributed by atoms with Crippen LogP contribution < -0.4 is 9.62 Å². The molecule has 1 atom stereocenters. The van der Waals surface area contributed by atoms with Gasteiger partial charge in [-0.15, -0.1) is 0 Å². The Morgan fingerprint density at radius 1 is 0.968 bits per heavy atom. The minimum Gasteiger partial charge on any atom is -0.348 e. The van der Waals surface area contributed by atoms with E-state index < -0.39 is 28.3 Å². The smallest absolute Gasteiger partial charge is 0.264 e. The van der Waals surface area contributed by atoms with Crippen LogP contribution in [0.3, 0.4) is 0 Å². The Bertz CT molecular complexity index is 1160.